The summed E-state index contributed by atoms with van der Waals surface area (Å²) in [5.41, 5.74) is 2.14. The lowest BCUT2D eigenvalue weighted by molar-refractivity contribution is -0.0636. The molecule has 2 atom stereocenters. The zero-order valence-electron chi connectivity index (χ0n) is 13.5. The van der Waals surface area contributed by atoms with Gasteiger partial charge in [-0.25, -0.2) is 9.97 Å². The molecule has 0 bridgehead atoms. The van der Waals surface area contributed by atoms with Crippen LogP contribution in [0.25, 0.3) is 5.78 Å². The van der Waals surface area contributed by atoms with E-state index in [0.717, 1.165) is 35.1 Å². The third-order valence-corrected chi connectivity index (χ3v) is 4.67. The van der Waals surface area contributed by atoms with Crippen LogP contribution < -0.4 is 0 Å². The van der Waals surface area contributed by atoms with E-state index in [4.69, 9.17) is 16.3 Å². The van der Waals surface area contributed by atoms with Crippen LogP contribution in [-0.4, -0.2) is 38.5 Å². The molecule has 124 valence electrons. The quantitative estimate of drug-likeness (QED) is 0.732. The average molecular weight is 343 g/mol. The molecule has 1 aromatic carbocycles. The third kappa shape index (κ3) is 3.15. The summed E-state index contributed by atoms with van der Waals surface area (Å²) in [4.78, 5) is 11.3. The van der Waals surface area contributed by atoms with E-state index in [9.17, 15) is 0 Å². The number of rotatable bonds is 3. The predicted molar refractivity (Wildman–Crippen MR) is 93.0 cm³/mol. The summed E-state index contributed by atoms with van der Waals surface area (Å²) in [6.45, 7) is 4.48. The van der Waals surface area contributed by atoms with Crippen LogP contribution in [0.1, 0.15) is 24.3 Å². The van der Waals surface area contributed by atoms with Crippen molar-refractivity contribution < 1.29 is 4.74 Å². The molecule has 1 saturated heterocycles. The summed E-state index contributed by atoms with van der Waals surface area (Å²) in [6.07, 6.45) is 5.81. The Morgan fingerprint density at radius 3 is 3.08 bits per heavy atom. The van der Waals surface area contributed by atoms with Crippen molar-refractivity contribution in [2.75, 3.05) is 13.2 Å². The van der Waals surface area contributed by atoms with Crippen molar-refractivity contribution in [2.45, 2.75) is 25.6 Å². The molecule has 0 N–H and O–H groups in total. The van der Waals surface area contributed by atoms with E-state index < -0.39 is 0 Å². The molecule has 0 radical (unpaired) electrons. The SMILES string of the molecule is C[C@@H]1CO[C@@H](c2cccc(Cl)c2)CN1Cc1cn2cccnc2n1. The van der Waals surface area contributed by atoms with E-state index in [1.165, 1.54) is 0 Å². The lowest BCUT2D eigenvalue weighted by atomic mass is 10.1. The van der Waals surface area contributed by atoms with Crippen molar-refractivity contribution in [2.24, 2.45) is 0 Å². The lowest BCUT2D eigenvalue weighted by Gasteiger charge is -2.37. The second-order valence-corrected chi connectivity index (χ2v) is 6.65. The van der Waals surface area contributed by atoms with Crippen molar-refractivity contribution in [3.63, 3.8) is 0 Å². The molecule has 0 unspecified atom stereocenters. The Kier molecular flexibility index (Phi) is 4.22. The van der Waals surface area contributed by atoms with Gasteiger partial charge in [-0.1, -0.05) is 23.7 Å². The van der Waals surface area contributed by atoms with Gasteiger partial charge in [0.2, 0.25) is 5.78 Å². The number of imidazole rings is 1. The van der Waals surface area contributed by atoms with Gasteiger partial charge < -0.3 is 4.74 Å². The number of benzene rings is 1. The van der Waals surface area contributed by atoms with Crippen LogP contribution in [0, 0.1) is 0 Å². The van der Waals surface area contributed by atoms with Crippen LogP contribution in [0.3, 0.4) is 0 Å². The zero-order valence-corrected chi connectivity index (χ0v) is 14.2. The summed E-state index contributed by atoms with van der Waals surface area (Å²) in [7, 11) is 0. The molecule has 3 aromatic rings. The molecule has 1 fully saturated rings. The first-order chi connectivity index (χ1) is 11.7. The average Bonchev–Trinajstić information content (AvgIpc) is 2.99. The van der Waals surface area contributed by atoms with E-state index in [0.29, 0.717) is 12.6 Å². The zero-order chi connectivity index (χ0) is 16.5. The summed E-state index contributed by atoms with van der Waals surface area (Å²) in [5.74, 6) is 0.736. The Bertz CT molecular complexity index is 817. The van der Waals surface area contributed by atoms with Crippen LogP contribution in [0.2, 0.25) is 5.02 Å². The minimum atomic E-state index is 0.0371. The first-order valence-corrected chi connectivity index (χ1v) is 8.46. The number of ether oxygens (including phenoxy) is 1. The molecule has 6 heteroatoms. The second kappa shape index (κ2) is 6.51. The maximum Gasteiger partial charge on any atom is 0.233 e. The molecule has 0 aliphatic carbocycles. The Hall–Kier alpha value is -1.95. The maximum atomic E-state index is 6.12. The molecule has 0 saturated carbocycles. The smallest absolute Gasteiger partial charge is 0.233 e. The highest BCUT2D eigenvalue weighted by Crippen LogP contribution is 2.27. The molecule has 24 heavy (non-hydrogen) atoms. The molecule has 1 aliphatic heterocycles. The number of hydrogen-bond acceptors (Lipinski definition) is 4. The molecule has 1 aliphatic rings. The molecule has 0 spiro atoms. The molecular weight excluding hydrogens is 324 g/mol. The van der Waals surface area contributed by atoms with Gasteiger partial charge in [0.05, 0.1) is 18.4 Å². The van der Waals surface area contributed by atoms with Crippen molar-refractivity contribution in [1.29, 1.82) is 0 Å². The van der Waals surface area contributed by atoms with E-state index >= 15 is 0 Å². The number of fused-ring (bicyclic) bond motifs is 1. The van der Waals surface area contributed by atoms with Crippen molar-refractivity contribution in [3.8, 4) is 0 Å². The summed E-state index contributed by atoms with van der Waals surface area (Å²) >= 11 is 6.12. The maximum absolute atomic E-state index is 6.12. The Morgan fingerprint density at radius 1 is 1.33 bits per heavy atom. The van der Waals surface area contributed by atoms with Crippen molar-refractivity contribution in [3.05, 3.63) is 65.2 Å². The van der Waals surface area contributed by atoms with Gasteiger partial charge in [0, 0.05) is 42.7 Å². The van der Waals surface area contributed by atoms with Crippen LogP contribution in [-0.2, 0) is 11.3 Å². The fraction of sp³-hybridized carbons (Fsp3) is 0.333. The molecule has 0 amide bonds. The Morgan fingerprint density at radius 2 is 2.25 bits per heavy atom. The summed E-state index contributed by atoms with van der Waals surface area (Å²) in [5, 5.41) is 0.743. The number of nitrogens with zero attached hydrogens (tertiary/aromatic N) is 4. The van der Waals surface area contributed by atoms with Gasteiger partial charge in [0.25, 0.3) is 0 Å². The number of halogens is 1. The number of hydrogen-bond donors (Lipinski definition) is 0. The Labute approximate surface area is 145 Å². The van der Waals surface area contributed by atoms with E-state index in [1.54, 1.807) is 6.20 Å². The van der Waals surface area contributed by atoms with Crippen molar-refractivity contribution in [1.82, 2.24) is 19.3 Å². The van der Waals surface area contributed by atoms with Crippen LogP contribution in [0.4, 0.5) is 0 Å². The highest BCUT2D eigenvalue weighted by Gasteiger charge is 2.27. The fourth-order valence-corrected chi connectivity index (χ4v) is 3.30. The molecular formula is C18H19ClN4O. The van der Waals surface area contributed by atoms with E-state index in [2.05, 4.69) is 27.9 Å². The largest absolute Gasteiger partial charge is 0.371 e. The highest BCUT2D eigenvalue weighted by atomic mass is 35.5. The first-order valence-electron chi connectivity index (χ1n) is 8.09. The minimum absolute atomic E-state index is 0.0371. The van der Waals surface area contributed by atoms with Gasteiger partial charge in [0.15, 0.2) is 0 Å². The third-order valence-electron chi connectivity index (χ3n) is 4.43. The first kappa shape index (κ1) is 15.6. The Balaban J connectivity index is 1.53. The predicted octanol–water partition coefficient (Wildman–Crippen LogP) is 3.34. The van der Waals surface area contributed by atoms with E-state index in [-0.39, 0.29) is 6.10 Å². The van der Waals surface area contributed by atoms with Gasteiger partial charge in [-0.3, -0.25) is 9.30 Å². The minimum Gasteiger partial charge on any atom is -0.371 e. The fourth-order valence-electron chi connectivity index (χ4n) is 3.10. The lowest BCUT2D eigenvalue weighted by Crippen LogP contribution is -2.44. The van der Waals surface area contributed by atoms with Gasteiger partial charge in [0.1, 0.15) is 0 Å². The highest BCUT2D eigenvalue weighted by molar-refractivity contribution is 6.30. The van der Waals surface area contributed by atoms with Crippen LogP contribution >= 0.6 is 11.6 Å². The summed E-state index contributed by atoms with van der Waals surface area (Å²) < 4.78 is 7.97. The van der Waals surface area contributed by atoms with Gasteiger partial charge >= 0.3 is 0 Å². The van der Waals surface area contributed by atoms with Crippen LogP contribution in [0.15, 0.2) is 48.9 Å². The number of aromatic nitrogens is 3. The van der Waals surface area contributed by atoms with Crippen molar-refractivity contribution >= 4 is 17.4 Å². The summed E-state index contributed by atoms with van der Waals surface area (Å²) in [6, 6.07) is 10.2. The molecule has 3 heterocycles. The number of morpholine rings is 1. The molecule has 5 nitrogen and oxygen atoms in total. The van der Waals surface area contributed by atoms with Gasteiger partial charge in [-0.05, 0) is 30.7 Å². The second-order valence-electron chi connectivity index (χ2n) is 6.21. The van der Waals surface area contributed by atoms with Gasteiger partial charge in [-0.15, -0.1) is 0 Å². The topological polar surface area (TPSA) is 42.7 Å². The van der Waals surface area contributed by atoms with E-state index in [1.807, 2.05) is 41.1 Å². The van der Waals surface area contributed by atoms with Crippen LogP contribution in [0.5, 0.6) is 0 Å². The van der Waals surface area contributed by atoms with Gasteiger partial charge in [-0.2, -0.15) is 0 Å². The molecule has 4 rings (SSSR count). The monoisotopic (exact) mass is 342 g/mol. The normalized spacial score (nSPS) is 22.1. The molecule has 2 aromatic heterocycles. The standard InChI is InChI=1S/C18H19ClN4O/c1-13-12-24-17(14-4-2-5-15(19)8-14)11-23(13)10-16-9-22-7-3-6-20-18(22)21-16/h2-9,13,17H,10-12H2,1H3/t13-,17-/m1/s1.